The number of nitrogens with zero attached hydrogens (tertiary/aromatic N) is 3. The highest BCUT2D eigenvalue weighted by molar-refractivity contribution is 6.64. The van der Waals surface area contributed by atoms with Crippen molar-refractivity contribution in [3.8, 4) is 0 Å². The molecule has 1 aliphatic heterocycles. The molecule has 0 unspecified atom stereocenters. The van der Waals surface area contributed by atoms with Gasteiger partial charge in [-0.3, -0.25) is 20.6 Å². The van der Waals surface area contributed by atoms with Crippen molar-refractivity contribution < 1.29 is 9.94 Å². The molecular formula is C26H36ClN5O2. The van der Waals surface area contributed by atoms with E-state index in [9.17, 15) is 5.21 Å². The molecule has 0 bridgehead atoms. The number of piperidine rings is 1. The molecule has 1 fully saturated rings. The number of aliphatic imine (C=N–C) groups is 2. The summed E-state index contributed by atoms with van der Waals surface area (Å²) >= 11 is 5.73. The second-order valence-electron chi connectivity index (χ2n) is 7.96. The minimum Gasteiger partial charge on any atom is -0.491 e. The second-order valence-corrected chi connectivity index (χ2v) is 8.51. The predicted molar refractivity (Wildman–Crippen MR) is 142 cm³/mol. The standard InChI is InChI=1S/C26H36ClN5O2/c1-5-25(34-15-14-32-12-7-6-8-13-32)18-29-20(2)24-11-9-10-23(16-24)17-28-21(3)26(31-33)19-30-22(4)27/h5,9-11,16,18-19,28,31,33H,2-3,6-8,12-15,17H2,1,4H3/b25-5+,26-19+,29-18?,30-22?. The predicted octanol–water partition coefficient (Wildman–Crippen LogP) is 5.22. The number of allylic oxidation sites excluding steroid dienone is 2. The Morgan fingerprint density at radius 2 is 2.03 bits per heavy atom. The number of rotatable bonds is 13. The molecule has 1 saturated heterocycles. The van der Waals surface area contributed by atoms with Crippen LogP contribution in [-0.2, 0) is 11.3 Å². The molecule has 0 spiro atoms. The zero-order valence-electron chi connectivity index (χ0n) is 20.2. The van der Waals surface area contributed by atoms with E-state index >= 15 is 0 Å². The topological polar surface area (TPSA) is 81.5 Å². The van der Waals surface area contributed by atoms with Crippen molar-refractivity contribution in [2.75, 3.05) is 26.2 Å². The van der Waals surface area contributed by atoms with E-state index in [0.717, 1.165) is 36.5 Å². The highest BCUT2D eigenvalue weighted by Gasteiger charge is 2.09. The molecule has 1 aromatic carbocycles. The average molecular weight is 486 g/mol. The molecule has 0 radical (unpaired) electrons. The Morgan fingerprint density at radius 3 is 2.71 bits per heavy atom. The van der Waals surface area contributed by atoms with E-state index in [1.54, 1.807) is 13.1 Å². The smallest absolute Gasteiger partial charge is 0.133 e. The lowest BCUT2D eigenvalue weighted by molar-refractivity contribution is 0.152. The van der Waals surface area contributed by atoms with E-state index in [0.29, 0.717) is 35.4 Å². The summed E-state index contributed by atoms with van der Waals surface area (Å²) in [6, 6.07) is 7.90. The minimum absolute atomic E-state index is 0.323. The summed E-state index contributed by atoms with van der Waals surface area (Å²) in [5, 5.41) is 12.8. The Hall–Kier alpha value is -2.87. The van der Waals surface area contributed by atoms with Gasteiger partial charge in [-0.05, 0) is 63.0 Å². The first-order valence-corrected chi connectivity index (χ1v) is 11.9. The fourth-order valence-corrected chi connectivity index (χ4v) is 3.43. The summed E-state index contributed by atoms with van der Waals surface area (Å²) < 4.78 is 5.90. The van der Waals surface area contributed by atoms with Crippen LogP contribution in [0.5, 0.6) is 0 Å². The summed E-state index contributed by atoms with van der Waals surface area (Å²) in [7, 11) is 0. The van der Waals surface area contributed by atoms with Gasteiger partial charge in [-0.2, -0.15) is 0 Å². The number of hydroxylamine groups is 1. The van der Waals surface area contributed by atoms with Crippen molar-refractivity contribution in [3.63, 3.8) is 0 Å². The van der Waals surface area contributed by atoms with Gasteiger partial charge in [0.15, 0.2) is 0 Å². The SMILES string of the molecule is C=C(NCc1cccc(C(=C)N=C/C(=C\C)OCCN2CCCCC2)c1)/C(=C\N=C(C)Cl)NO. The number of hydrogen-bond acceptors (Lipinski definition) is 7. The number of hydrogen-bond donors (Lipinski definition) is 3. The Kier molecular flexibility index (Phi) is 12.2. The van der Waals surface area contributed by atoms with Gasteiger partial charge in [-0.25, -0.2) is 4.99 Å². The summed E-state index contributed by atoms with van der Waals surface area (Å²) in [6.45, 7) is 16.0. The first-order chi connectivity index (χ1) is 16.4. The van der Waals surface area contributed by atoms with Crippen LogP contribution in [0.25, 0.3) is 5.70 Å². The molecule has 0 atom stereocenters. The molecule has 184 valence electrons. The van der Waals surface area contributed by atoms with Crippen molar-refractivity contribution >= 4 is 28.7 Å². The molecule has 0 saturated carbocycles. The Balaban J connectivity index is 1.89. The Labute approximate surface area is 208 Å². The van der Waals surface area contributed by atoms with Gasteiger partial charge < -0.3 is 10.1 Å². The zero-order valence-corrected chi connectivity index (χ0v) is 20.9. The fraction of sp³-hybridized carbons (Fsp3) is 0.385. The van der Waals surface area contributed by atoms with Gasteiger partial charge in [-0.15, -0.1) is 0 Å². The van der Waals surface area contributed by atoms with Gasteiger partial charge >= 0.3 is 0 Å². The fourth-order valence-electron chi connectivity index (χ4n) is 3.38. The monoisotopic (exact) mass is 485 g/mol. The minimum atomic E-state index is 0.323. The van der Waals surface area contributed by atoms with Crippen LogP contribution < -0.4 is 10.8 Å². The first-order valence-electron chi connectivity index (χ1n) is 11.5. The molecule has 8 heteroatoms. The highest BCUT2D eigenvalue weighted by Crippen LogP contribution is 2.16. The van der Waals surface area contributed by atoms with Crippen LogP contribution in [0.15, 0.2) is 76.8 Å². The average Bonchev–Trinajstić information content (AvgIpc) is 2.85. The van der Waals surface area contributed by atoms with Crippen LogP contribution in [0.2, 0.25) is 0 Å². The summed E-state index contributed by atoms with van der Waals surface area (Å²) in [5.41, 5.74) is 5.43. The number of halogens is 1. The maximum Gasteiger partial charge on any atom is 0.133 e. The molecule has 1 aromatic rings. The van der Waals surface area contributed by atoms with Crippen LogP contribution in [0.3, 0.4) is 0 Å². The molecule has 7 nitrogen and oxygen atoms in total. The molecule has 2 rings (SSSR count). The highest BCUT2D eigenvalue weighted by atomic mass is 35.5. The van der Waals surface area contributed by atoms with Crippen LogP contribution in [0, 0.1) is 0 Å². The van der Waals surface area contributed by atoms with Gasteiger partial charge in [0.2, 0.25) is 0 Å². The van der Waals surface area contributed by atoms with Crippen molar-refractivity contribution in [1.29, 1.82) is 0 Å². The number of ether oxygens (including phenoxy) is 1. The van der Waals surface area contributed by atoms with Crippen LogP contribution in [0.4, 0.5) is 0 Å². The third-order valence-corrected chi connectivity index (χ3v) is 5.44. The molecule has 34 heavy (non-hydrogen) atoms. The van der Waals surface area contributed by atoms with Crippen molar-refractivity contribution in [1.82, 2.24) is 15.7 Å². The van der Waals surface area contributed by atoms with E-state index < -0.39 is 0 Å². The largest absolute Gasteiger partial charge is 0.491 e. The number of likely N-dealkylation sites (tertiary alicyclic amines) is 1. The van der Waals surface area contributed by atoms with Gasteiger partial charge in [0, 0.05) is 13.1 Å². The van der Waals surface area contributed by atoms with E-state index in [1.165, 1.54) is 25.5 Å². The van der Waals surface area contributed by atoms with Crippen LogP contribution >= 0.6 is 11.6 Å². The molecule has 1 aliphatic rings. The lowest BCUT2D eigenvalue weighted by atomic mass is 10.1. The van der Waals surface area contributed by atoms with Crippen molar-refractivity contribution in [2.24, 2.45) is 9.98 Å². The Bertz CT molecular complexity index is 942. The number of benzene rings is 1. The molecule has 1 heterocycles. The van der Waals surface area contributed by atoms with Crippen LogP contribution in [0.1, 0.15) is 44.2 Å². The third-order valence-electron chi connectivity index (χ3n) is 5.34. The lowest BCUT2D eigenvalue weighted by Crippen LogP contribution is -2.32. The lowest BCUT2D eigenvalue weighted by Gasteiger charge is -2.26. The Morgan fingerprint density at radius 1 is 1.26 bits per heavy atom. The van der Waals surface area contributed by atoms with E-state index in [1.807, 2.05) is 37.3 Å². The van der Waals surface area contributed by atoms with Crippen LogP contribution in [-0.4, -0.2) is 47.7 Å². The molecule has 0 amide bonds. The summed E-state index contributed by atoms with van der Waals surface area (Å²) in [5.74, 6) is 0.734. The summed E-state index contributed by atoms with van der Waals surface area (Å²) in [6.07, 6.45) is 8.92. The maximum absolute atomic E-state index is 9.29. The molecule has 0 aromatic heterocycles. The zero-order chi connectivity index (χ0) is 24.8. The normalized spacial score (nSPS) is 15.9. The van der Waals surface area contributed by atoms with E-state index in [2.05, 4.69) is 38.8 Å². The van der Waals surface area contributed by atoms with Gasteiger partial charge in [0.05, 0.1) is 23.8 Å². The molecular weight excluding hydrogens is 450 g/mol. The van der Waals surface area contributed by atoms with Crippen molar-refractivity contribution in [3.05, 3.63) is 78.0 Å². The first kappa shape index (κ1) is 27.4. The number of nitrogens with one attached hydrogen (secondary N) is 2. The van der Waals surface area contributed by atoms with E-state index in [-0.39, 0.29) is 0 Å². The quantitative estimate of drug-likeness (QED) is 0.154. The summed E-state index contributed by atoms with van der Waals surface area (Å²) in [4.78, 5) is 10.9. The second kappa shape index (κ2) is 15.1. The van der Waals surface area contributed by atoms with Gasteiger partial charge in [0.25, 0.3) is 0 Å². The maximum atomic E-state index is 9.29. The third kappa shape index (κ3) is 9.95. The van der Waals surface area contributed by atoms with Gasteiger partial charge in [-0.1, -0.05) is 49.4 Å². The van der Waals surface area contributed by atoms with Crippen molar-refractivity contribution in [2.45, 2.75) is 39.7 Å². The van der Waals surface area contributed by atoms with Gasteiger partial charge in [0.1, 0.15) is 23.2 Å². The molecule has 3 N–H and O–H groups in total. The molecule has 0 aliphatic carbocycles. The van der Waals surface area contributed by atoms with E-state index in [4.69, 9.17) is 16.3 Å².